The zero-order valence-electron chi connectivity index (χ0n) is 7.50. The Bertz CT molecular complexity index is 289. The van der Waals surface area contributed by atoms with Gasteiger partial charge in [-0.25, -0.2) is 0 Å². The van der Waals surface area contributed by atoms with Crippen LogP contribution in [0, 0.1) is 6.42 Å². The van der Waals surface area contributed by atoms with Crippen molar-refractivity contribution < 1.29 is 4.74 Å². The van der Waals surface area contributed by atoms with E-state index < -0.39 is 0 Å². The van der Waals surface area contributed by atoms with Crippen molar-refractivity contribution in [3.63, 3.8) is 0 Å². The summed E-state index contributed by atoms with van der Waals surface area (Å²) < 4.78 is 5.79. The van der Waals surface area contributed by atoms with Crippen LogP contribution in [0.15, 0.2) is 24.3 Å². The number of rotatable bonds is 0. The van der Waals surface area contributed by atoms with Crippen molar-refractivity contribution in [3.8, 4) is 5.75 Å². The van der Waals surface area contributed by atoms with Crippen LogP contribution >= 0.6 is 0 Å². The lowest BCUT2D eigenvalue weighted by molar-refractivity contribution is 0.0988. The molecule has 1 aromatic rings. The average Bonchev–Trinajstić information content (AvgIpc) is 2.02. The van der Waals surface area contributed by atoms with Crippen LogP contribution in [0.2, 0.25) is 0 Å². The Kier molecular flexibility index (Phi) is 1.60. The molecule has 0 amide bonds. The molecule has 0 aliphatic carbocycles. The standard InChI is InChI=1S/C11H13O/c1-11(2)8-7-9-5-3-4-6-10(9)12-11/h3-7H,8H2,1-2H3. The molecule has 0 N–H and O–H groups in total. The van der Waals surface area contributed by atoms with Crippen LogP contribution < -0.4 is 4.74 Å². The summed E-state index contributed by atoms with van der Waals surface area (Å²) in [4.78, 5) is 0. The molecule has 1 aliphatic rings. The fourth-order valence-electron chi connectivity index (χ4n) is 1.44. The molecule has 1 nitrogen and oxygen atoms in total. The minimum atomic E-state index is -0.0334. The monoisotopic (exact) mass is 161 g/mol. The predicted octanol–water partition coefficient (Wildman–Crippen LogP) is 2.80. The third-order valence-corrected chi connectivity index (χ3v) is 2.12. The first-order chi connectivity index (χ1) is 5.67. The summed E-state index contributed by atoms with van der Waals surface area (Å²) in [5.41, 5.74) is 1.19. The molecule has 1 aromatic carbocycles. The molecular weight excluding hydrogens is 148 g/mol. The first-order valence-corrected chi connectivity index (χ1v) is 4.29. The van der Waals surface area contributed by atoms with Crippen molar-refractivity contribution in [2.75, 3.05) is 0 Å². The lowest BCUT2D eigenvalue weighted by Gasteiger charge is -2.32. The minimum absolute atomic E-state index is 0.0334. The molecule has 12 heavy (non-hydrogen) atoms. The summed E-state index contributed by atoms with van der Waals surface area (Å²) in [7, 11) is 0. The van der Waals surface area contributed by atoms with Crippen LogP contribution in [0.3, 0.4) is 0 Å². The predicted molar refractivity (Wildman–Crippen MR) is 49.2 cm³/mol. The van der Waals surface area contributed by atoms with E-state index in [0.717, 1.165) is 12.2 Å². The second-order valence-corrected chi connectivity index (χ2v) is 3.81. The zero-order valence-corrected chi connectivity index (χ0v) is 7.50. The van der Waals surface area contributed by atoms with Crippen LogP contribution in [0.1, 0.15) is 25.8 Å². The van der Waals surface area contributed by atoms with Gasteiger partial charge in [0, 0.05) is 0 Å². The maximum absolute atomic E-state index is 5.79. The van der Waals surface area contributed by atoms with Crippen LogP contribution in [0.25, 0.3) is 0 Å². The topological polar surface area (TPSA) is 9.23 Å². The smallest absolute Gasteiger partial charge is 0.123 e. The molecule has 1 aliphatic heterocycles. The van der Waals surface area contributed by atoms with Crippen LogP contribution in [0.5, 0.6) is 5.75 Å². The van der Waals surface area contributed by atoms with Gasteiger partial charge in [-0.15, -0.1) is 0 Å². The van der Waals surface area contributed by atoms with E-state index in [-0.39, 0.29) is 5.60 Å². The first-order valence-electron chi connectivity index (χ1n) is 4.29. The fraction of sp³-hybridized carbons (Fsp3) is 0.364. The van der Waals surface area contributed by atoms with Gasteiger partial charge in [-0.2, -0.15) is 0 Å². The highest BCUT2D eigenvalue weighted by Gasteiger charge is 2.25. The number of para-hydroxylation sites is 1. The molecule has 0 unspecified atom stereocenters. The van der Waals surface area contributed by atoms with E-state index in [4.69, 9.17) is 4.74 Å². The summed E-state index contributed by atoms with van der Waals surface area (Å²) in [5.74, 6) is 1.01. The van der Waals surface area contributed by atoms with Crippen LogP contribution in [-0.4, -0.2) is 5.60 Å². The molecule has 1 heteroatoms. The summed E-state index contributed by atoms with van der Waals surface area (Å²) >= 11 is 0. The second-order valence-electron chi connectivity index (χ2n) is 3.81. The molecule has 2 rings (SSSR count). The van der Waals surface area contributed by atoms with Gasteiger partial charge in [0.15, 0.2) is 0 Å². The van der Waals surface area contributed by atoms with Crippen LogP contribution in [-0.2, 0) is 0 Å². The molecule has 0 bridgehead atoms. The highest BCUT2D eigenvalue weighted by molar-refractivity contribution is 5.41. The van der Waals surface area contributed by atoms with E-state index in [1.807, 2.05) is 18.2 Å². The second kappa shape index (κ2) is 2.51. The van der Waals surface area contributed by atoms with Gasteiger partial charge in [-0.1, -0.05) is 18.2 Å². The molecule has 0 fully saturated rings. The summed E-state index contributed by atoms with van der Waals surface area (Å²) in [6.07, 6.45) is 3.23. The van der Waals surface area contributed by atoms with Gasteiger partial charge in [0.1, 0.15) is 11.4 Å². The number of ether oxygens (including phenoxy) is 1. The third-order valence-electron chi connectivity index (χ3n) is 2.12. The molecule has 0 atom stereocenters. The van der Waals surface area contributed by atoms with Crippen LogP contribution in [0.4, 0.5) is 0 Å². The van der Waals surface area contributed by atoms with Crippen molar-refractivity contribution >= 4 is 0 Å². The van der Waals surface area contributed by atoms with Gasteiger partial charge in [-0.05, 0) is 38.3 Å². The van der Waals surface area contributed by atoms with E-state index >= 15 is 0 Å². The van der Waals surface area contributed by atoms with Crippen molar-refractivity contribution in [1.82, 2.24) is 0 Å². The van der Waals surface area contributed by atoms with Crippen molar-refractivity contribution in [2.24, 2.45) is 0 Å². The maximum Gasteiger partial charge on any atom is 0.123 e. The molecule has 0 saturated carbocycles. The Morgan fingerprint density at radius 2 is 2.00 bits per heavy atom. The lowest BCUT2D eigenvalue weighted by Crippen LogP contribution is -2.31. The number of hydrogen-bond acceptors (Lipinski definition) is 1. The van der Waals surface area contributed by atoms with Crippen molar-refractivity contribution in [1.29, 1.82) is 0 Å². The molecule has 0 saturated heterocycles. The van der Waals surface area contributed by atoms with E-state index in [2.05, 4.69) is 26.3 Å². The quantitative estimate of drug-likeness (QED) is 0.568. The highest BCUT2D eigenvalue weighted by Crippen LogP contribution is 2.33. The molecule has 0 aromatic heterocycles. The SMILES string of the molecule is CC1(C)C[CH]c2ccccc2O1. The Morgan fingerprint density at radius 1 is 1.25 bits per heavy atom. The average molecular weight is 161 g/mol. The Morgan fingerprint density at radius 3 is 2.83 bits per heavy atom. The maximum atomic E-state index is 5.79. The van der Waals surface area contributed by atoms with Gasteiger partial charge < -0.3 is 4.74 Å². The third kappa shape index (κ3) is 1.31. The van der Waals surface area contributed by atoms with E-state index in [9.17, 15) is 0 Å². The molecular formula is C11H13O. The Hall–Kier alpha value is -0.980. The minimum Gasteiger partial charge on any atom is -0.488 e. The number of fused-ring (bicyclic) bond motifs is 1. The van der Waals surface area contributed by atoms with Crippen molar-refractivity contribution in [2.45, 2.75) is 25.9 Å². The zero-order chi connectivity index (χ0) is 8.60. The summed E-state index contributed by atoms with van der Waals surface area (Å²) in [5, 5.41) is 0. The number of hydrogen-bond donors (Lipinski definition) is 0. The van der Waals surface area contributed by atoms with E-state index in [1.54, 1.807) is 0 Å². The first kappa shape index (κ1) is 7.66. The van der Waals surface area contributed by atoms with Gasteiger partial charge in [0.05, 0.1) is 0 Å². The van der Waals surface area contributed by atoms with Gasteiger partial charge in [0.25, 0.3) is 0 Å². The molecule has 63 valence electrons. The Labute approximate surface area is 73.4 Å². The van der Waals surface area contributed by atoms with Crippen molar-refractivity contribution in [3.05, 3.63) is 36.2 Å². The van der Waals surface area contributed by atoms with E-state index in [0.29, 0.717) is 0 Å². The van der Waals surface area contributed by atoms with Gasteiger partial charge >= 0.3 is 0 Å². The lowest BCUT2D eigenvalue weighted by atomic mass is 9.94. The largest absolute Gasteiger partial charge is 0.488 e. The number of benzene rings is 1. The van der Waals surface area contributed by atoms with Gasteiger partial charge in [-0.3, -0.25) is 0 Å². The molecule has 0 spiro atoms. The van der Waals surface area contributed by atoms with E-state index in [1.165, 1.54) is 5.56 Å². The summed E-state index contributed by atoms with van der Waals surface area (Å²) in [6.45, 7) is 4.22. The molecule has 1 heterocycles. The van der Waals surface area contributed by atoms with Gasteiger partial charge in [0.2, 0.25) is 0 Å². The Balaban J connectivity index is 2.35. The normalized spacial score (nSPS) is 19.5. The highest BCUT2D eigenvalue weighted by atomic mass is 16.5. The summed E-state index contributed by atoms with van der Waals surface area (Å²) in [6, 6.07) is 8.16. The molecule has 1 radical (unpaired) electrons. The fourth-order valence-corrected chi connectivity index (χ4v) is 1.44.